The van der Waals surface area contributed by atoms with Crippen LogP contribution in [0.3, 0.4) is 0 Å². The zero-order valence-electron chi connectivity index (χ0n) is 6.08. The Bertz CT molecular complexity index is 404. The van der Waals surface area contributed by atoms with E-state index in [1.807, 2.05) is 0 Å². The largest absolute Gasteiger partial charge is 0.246 e. The molecule has 0 fully saturated rings. The van der Waals surface area contributed by atoms with Crippen molar-refractivity contribution in [2.75, 3.05) is 6.26 Å². The molecule has 6 heteroatoms. The average molecular weight is 271 g/mol. The molecule has 0 aliphatic rings. The second-order valence-corrected chi connectivity index (χ2v) is 5.39. The predicted octanol–water partition coefficient (Wildman–Crippen LogP) is 1.90. The zero-order chi connectivity index (χ0) is 9.35. The summed E-state index contributed by atoms with van der Waals surface area (Å²) in [6.07, 6.45) is 2.36. The number of hydrogen-bond donors (Lipinski definition) is 0. The van der Waals surface area contributed by atoms with Crippen molar-refractivity contribution < 1.29 is 8.42 Å². The molecule has 0 aliphatic carbocycles. The van der Waals surface area contributed by atoms with Crippen molar-refractivity contribution in [1.82, 2.24) is 4.98 Å². The van der Waals surface area contributed by atoms with Crippen molar-refractivity contribution in [3.8, 4) is 0 Å². The molecule has 0 radical (unpaired) electrons. The van der Waals surface area contributed by atoms with Crippen LogP contribution in [0.25, 0.3) is 0 Å². The number of hydrogen-bond acceptors (Lipinski definition) is 3. The fourth-order valence-electron chi connectivity index (χ4n) is 0.606. The third-order valence-corrected chi connectivity index (χ3v) is 3.43. The van der Waals surface area contributed by atoms with Crippen molar-refractivity contribution in [2.45, 2.75) is 4.90 Å². The fourth-order valence-corrected chi connectivity index (χ4v) is 1.63. The van der Waals surface area contributed by atoms with Gasteiger partial charge < -0.3 is 0 Å². The van der Waals surface area contributed by atoms with Crippen LogP contribution < -0.4 is 0 Å². The Morgan fingerprint density at radius 3 is 2.58 bits per heavy atom. The van der Waals surface area contributed by atoms with Crippen LogP contribution in [-0.2, 0) is 9.84 Å². The molecule has 0 spiro atoms. The Morgan fingerprint density at radius 1 is 1.58 bits per heavy atom. The molecule has 0 unspecified atom stereocenters. The molecule has 66 valence electrons. The summed E-state index contributed by atoms with van der Waals surface area (Å²) < 4.78 is 22.4. The highest BCUT2D eigenvalue weighted by molar-refractivity contribution is 9.10. The van der Waals surface area contributed by atoms with Gasteiger partial charge in [0.2, 0.25) is 0 Å². The molecule has 1 aromatic rings. The average Bonchev–Trinajstić information content (AvgIpc) is 1.92. The lowest BCUT2D eigenvalue weighted by molar-refractivity contribution is 0.601. The highest BCUT2D eigenvalue weighted by Crippen LogP contribution is 2.22. The summed E-state index contributed by atoms with van der Waals surface area (Å²) in [6.45, 7) is 0. The van der Waals surface area contributed by atoms with E-state index in [-0.39, 0.29) is 9.92 Å². The summed E-state index contributed by atoms with van der Waals surface area (Å²) in [7, 11) is -3.21. The molecule has 0 N–H and O–H groups in total. The second-order valence-electron chi connectivity index (χ2n) is 2.22. The van der Waals surface area contributed by atoms with Gasteiger partial charge in [-0.25, -0.2) is 13.4 Å². The van der Waals surface area contributed by atoms with Gasteiger partial charge >= 0.3 is 0 Å². The maximum Gasteiger partial charge on any atom is 0.177 e. The minimum Gasteiger partial charge on any atom is -0.246 e. The van der Waals surface area contributed by atoms with E-state index in [9.17, 15) is 8.42 Å². The highest BCUT2D eigenvalue weighted by Gasteiger charge is 2.09. The molecular formula is C6H5BrClNO2S. The molecule has 0 amide bonds. The number of halogens is 2. The maximum atomic E-state index is 11.0. The summed E-state index contributed by atoms with van der Waals surface area (Å²) >= 11 is 8.70. The van der Waals surface area contributed by atoms with Crippen LogP contribution in [0.1, 0.15) is 0 Å². The standard InChI is InChI=1S/C6H5BrClNO2S/c1-12(10,11)4-2-5(8)6(7)9-3-4/h2-3H,1H3. The normalized spacial score (nSPS) is 11.6. The lowest BCUT2D eigenvalue weighted by Gasteiger charge is -1.98. The van der Waals surface area contributed by atoms with Gasteiger partial charge in [0.1, 0.15) is 4.60 Å². The third kappa shape index (κ3) is 2.18. The molecule has 12 heavy (non-hydrogen) atoms. The van der Waals surface area contributed by atoms with E-state index in [2.05, 4.69) is 20.9 Å². The summed E-state index contributed by atoms with van der Waals surface area (Å²) in [4.78, 5) is 3.87. The topological polar surface area (TPSA) is 47.0 Å². The number of pyridine rings is 1. The van der Waals surface area contributed by atoms with Crippen LogP contribution in [0.15, 0.2) is 21.8 Å². The van der Waals surface area contributed by atoms with Gasteiger partial charge in [-0.2, -0.15) is 0 Å². The monoisotopic (exact) mass is 269 g/mol. The van der Waals surface area contributed by atoms with E-state index in [0.717, 1.165) is 6.26 Å². The molecule has 3 nitrogen and oxygen atoms in total. The van der Waals surface area contributed by atoms with Crippen molar-refractivity contribution in [1.29, 1.82) is 0 Å². The first-order valence-electron chi connectivity index (χ1n) is 2.92. The summed E-state index contributed by atoms with van der Waals surface area (Å²) in [5, 5.41) is 0.290. The molecule has 1 rings (SSSR count). The van der Waals surface area contributed by atoms with Gasteiger partial charge in [-0.05, 0) is 22.0 Å². The fraction of sp³-hybridized carbons (Fsp3) is 0.167. The first-order chi connectivity index (χ1) is 5.41. The van der Waals surface area contributed by atoms with Crippen LogP contribution >= 0.6 is 27.5 Å². The highest BCUT2D eigenvalue weighted by atomic mass is 79.9. The van der Waals surface area contributed by atoms with Crippen LogP contribution in [0.2, 0.25) is 5.02 Å². The van der Waals surface area contributed by atoms with Gasteiger partial charge in [-0.1, -0.05) is 11.6 Å². The summed E-state index contributed by atoms with van der Waals surface area (Å²) in [5.74, 6) is 0. The molecule has 0 saturated heterocycles. The maximum absolute atomic E-state index is 11.0. The molecule has 0 aliphatic heterocycles. The first kappa shape index (κ1) is 9.95. The third-order valence-electron chi connectivity index (χ3n) is 1.20. The Kier molecular flexibility index (Phi) is 2.75. The molecule has 0 bridgehead atoms. The van der Waals surface area contributed by atoms with E-state index >= 15 is 0 Å². The van der Waals surface area contributed by atoms with Crippen molar-refractivity contribution in [3.05, 3.63) is 21.9 Å². The zero-order valence-corrected chi connectivity index (χ0v) is 9.24. The van der Waals surface area contributed by atoms with Crippen LogP contribution in [-0.4, -0.2) is 19.7 Å². The van der Waals surface area contributed by atoms with Crippen molar-refractivity contribution in [3.63, 3.8) is 0 Å². The lowest BCUT2D eigenvalue weighted by Crippen LogP contribution is -1.97. The van der Waals surface area contributed by atoms with Crippen LogP contribution in [0.5, 0.6) is 0 Å². The van der Waals surface area contributed by atoms with Gasteiger partial charge in [-0.15, -0.1) is 0 Å². The minimum atomic E-state index is -3.21. The number of nitrogens with zero attached hydrogens (tertiary/aromatic N) is 1. The van der Waals surface area contributed by atoms with Crippen molar-refractivity contribution in [2.24, 2.45) is 0 Å². The van der Waals surface area contributed by atoms with E-state index < -0.39 is 9.84 Å². The Hall–Kier alpha value is -0.130. The van der Waals surface area contributed by atoms with E-state index in [1.165, 1.54) is 12.3 Å². The Labute approximate surface area is 83.8 Å². The first-order valence-corrected chi connectivity index (χ1v) is 5.98. The predicted molar refractivity (Wildman–Crippen MR) is 50.1 cm³/mol. The molecule has 1 heterocycles. The van der Waals surface area contributed by atoms with Crippen molar-refractivity contribution >= 4 is 37.4 Å². The van der Waals surface area contributed by atoms with E-state index in [1.54, 1.807) is 0 Å². The Morgan fingerprint density at radius 2 is 2.17 bits per heavy atom. The Balaban J connectivity index is 3.33. The molecule has 0 atom stereocenters. The molecule has 0 saturated carbocycles. The molecular weight excluding hydrogens is 265 g/mol. The molecule has 1 aromatic heterocycles. The van der Waals surface area contributed by atoms with Gasteiger partial charge in [0.15, 0.2) is 9.84 Å². The van der Waals surface area contributed by atoms with Gasteiger partial charge in [0.05, 0.1) is 9.92 Å². The SMILES string of the molecule is CS(=O)(=O)c1cnc(Br)c(Cl)c1. The van der Waals surface area contributed by atoms with Crippen LogP contribution in [0, 0.1) is 0 Å². The minimum absolute atomic E-state index is 0.121. The summed E-state index contributed by atoms with van der Waals surface area (Å²) in [5.41, 5.74) is 0. The number of sulfone groups is 1. The van der Waals surface area contributed by atoms with Gasteiger partial charge in [0.25, 0.3) is 0 Å². The smallest absolute Gasteiger partial charge is 0.177 e. The second kappa shape index (κ2) is 3.32. The number of rotatable bonds is 1. The van der Waals surface area contributed by atoms with E-state index in [0.29, 0.717) is 4.60 Å². The summed E-state index contributed by atoms with van der Waals surface area (Å²) in [6, 6.07) is 1.36. The van der Waals surface area contributed by atoms with Gasteiger partial charge in [-0.3, -0.25) is 0 Å². The van der Waals surface area contributed by atoms with E-state index in [4.69, 9.17) is 11.6 Å². The molecule has 0 aromatic carbocycles. The lowest BCUT2D eigenvalue weighted by atomic mass is 10.5. The van der Waals surface area contributed by atoms with Crippen LogP contribution in [0.4, 0.5) is 0 Å². The quantitative estimate of drug-likeness (QED) is 0.732. The number of aromatic nitrogens is 1. The van der Waals surface area contributed by atoms with Gasteiger partial charge in [0, 0.05) is 12.5 Å².